The molecule has 3 aromatic rings. The van der Waals surface area contributed by atoms with E-state index in [0.717, 1.165) is 10.5 Å². The molecule has 2 amide bonds. The second kappa shape index (κ2) is 9.34. The molecule has 32 heavy (non-hydrogen) atoms. The highest BCUT2D eigenvalue weighted by Gasteiger charge is 2.37. The van der Waals surface area contributed by atoms with Crippen molar-refractivity contribution >= 4 is 17.8 Å². The Balaban J connectivity index is 1.41. The summed E-state index contributed by atoms with van der Waals surface area (Å²) in [6.07, 6.45) is 0. The van der Waals surface area contributed by atoms with Crippen molar-refractivity contribution in [1.29, 1.82) is 0 Å². The van der Waals surface area contributed by atoms with Gasteiger partial charge in [0.2, 0.25) is 0 Å². The molecule has 0 saturated carbocycles. The van der Waals surface area contributed by atoms with Crippen LogP contribution in [-0.4, -0.2) is 35.8 Å². The van der Waals surface area contributed by atoms with Crippen molar-refractivity contribution < 1.29 is 28.6 Å². The lowest BCUT2D eigenvalue weighted by Gasteiger charge is -2.12. The topological polar surface area (TPSA) is 82.1 Å². The van der Waals surface area contributed by atoms with Gasteiger partial charge in [-0.15, -0.1) is 0 Å². The lowest BCUT2D eigenvalue weighted by atomic mass is 10.1. The van der Waals surface area contributed by atoms with Gasteiger partial charge in [-0.05, 0) is 55.0 Å². The van der Waals surface area contributed by atoms with Crippen LogP contribution >= 0.6 is 0 Å². The number of esters is 1. The van der Waals surface area contributed by atoms with Gasteiger partial charge < -0.3 is 14.2 Å². The first-order valence-corrected chi connectivity index (χ1v) is 10.2. The van der Waals surface area contributed by atoms with Crippen LogP contribution < -0.4 is 9.47 Å². The molecule has 4 rings (SSSR count). The number of rotatable bonds is 8. The maximum absolute atomic E-state index is 12.6. The molecule has 7 heteroatoms. The Kier molecular flexibility index (Phi) is 6.17. The summed E-state index contributed by atoms with van der Waals surface area (Å²) in [7, 11) is 0. The second-order valence-corrected chi connectivity index (χ2v) is 7.06. The van der Waals surface area contributed by atoms with Crippen LogP contribution in [0.25, 0.3) is 0 Å². The summed E-state index contributed by atoms with van der Waals surface area (Å²) < 4.78 is 16.4. The second-order valence-electron chi connectivity index (χ2n) is 7.06. The minimum absolute atomic E-state index is 0.177. The first-order valence-electron chi connectivity index (χ1n) is 10.2. The predicted octanol–water partition coefficient (Wildman–Crippen LogP) is 4.22. The fraction of sp³-hybridized carbons (Fsp3) is 0.160. The number of benzene rings is 3. The van der Waals surface area contributed by atoms with E-state index in [0.29, 0.717) is 23.9 Å². The van der Waals surface area contributed by atoms with Gasteiger partial charge in [-0.2, -0.15) is 0 Å². The van der Waals surface area contributed by atoms with E-state index in [9.17, 15) is 14.4 Å². The lowest BCUT2D eigenvalue weighted by Crippen LogP contribution is -2.35. The van der Waals surface area contributed by atoms with Gasteiger partial charge in [0, 0.05) is 0 Å². The van der Waals surface area contributed by atoms with Gasteiger partial charge in [0.15, 0.2) is 0 Å². The molecule has 0 bridgehead atoms. The molecule has 7 nitrogen and oxygen atoms in total. The average molecular weight is 431 g/mol. The minimum Gasteiger partial charge on any atom is -0.489 e. The van der Waals surface area contributed by atoms with Gasteiger partial charge in [0.05, 0.1) is 17.7 Å². The third-order valence-electron chi connectivity index (χ3n) is 4.84. The van der Waals surface area contributed by atoms with E-state index in [1.54, 1.807) is 37.3 Å². The van der Waals surface area contributed by atoms with Crippen LogP contribution in [0.4, 0.5) is 0 Å². The molecule has 0 spiro atoms. The molecule has 0 aromatic heterocycles. The molecule has 0 aliphatic carbocycles. The van der Waals surface area contributed by atoms with Gasteiger partial charge in [0.1, 0.15) is 30.4 Å². The van der Waals surface area contributed by atoms with Gasteiger partial charge in [-0.3, -0.25) is 19.3 Å². The zero-order valence-corrected chi connectivity index (χ0v) is 17.4. The van der Waals surface area contributed by atoms with E-state index in [1.165, 1.54) is 12.1 Å². The number of carbonyl (C=O) groups excluding carboxylic acids is 3. The summed E-state index contributed by atoms with van der Waals surface area (Å²) in [5.41, 5.74) is 1.50. The average Bonchev–Trinajstić information content (AvgIpc) is 3.04. The molecule has 0 saturated heterocycles. The van der Waals surface area contributed by atoms with Crippen molar-refractivity contribution in [2.24, 2.45) is 0 Å². The first kappa shape index (κ1) is 21.1. The lowest BCUT2D eigenvalue weighted by molar-refractivity contribution is -0.143. The normalized spacial score (nSPS) is 12.5. The summed E-state index contributed by atoms with van der Waals surface area (Å²) in [6, 6.07) is 21.6. The molecule has 0 radical (unpaired) electrons. The number of amides is 2. The summed E-state index contributed by atoms with van der Waals surface area (Å²) in [5.74, 6) is -0.0470. The Bertz CT molecular complexity index is 1140. The first-order chi connectivity index (χ1) is 15.5. The number of carbonyl (C=O) groups is 3. The number of nitrogens with zero attached hydrogens (tertiary/aromatic N) is 1. The molecule has 0 unspecified atom stereocenters. The fourth-order valence-corrected chi connectivity index (χ4v) is 3.29. The van der Waals surface area contributed by atoms with Crippen molar-refractivity contribution in [3.05, 3.63) is 89.5 Å². The number of hydrogen-bond acceptors (Lipinski definition) is 6. The largest absolute Gasteiger partial charge is 0.489 e. The van der Waals surface area contributed by atoms with Crippen molar-refractivity contribution in [1.82, 2.24) is 4.90 Å². The standard InChI is InChI=1S/C25H21NO6/c1-2-30-23(27)15-26-24(28)21-13-12-20(14-22(21)25(26)29)32-19-10-8-18(9-11-19)31-16-17-6-4-3-5-7-17/h3-14H,2,15-16H2,1H3. The van der Waals surface area contributed by atoms with E-state index in [1.807, 2.05) is 30.3 Å². The van der Waals surface area contributed by atoms with Crippen molar-refractivity contribution in [2.75, 3.05) is 13.2 Å². The Hall–Kier alpha value is -4.13. The molecule has 1 aliphatic rings. The third-order valence-corrected chi connectivity index (χ3v) is 4.84. The summed E-state index contributed by atoms with van der Waals surface area (Å²) in [5, 5.41) is 0. The van der Waals surface area contributed by atoms with Gasteiger partial charge in [-0.25, -0.2) is 0 Å². The maximum Gasteiger partial charge on any atom is 0.326 e. The van der Waals surface area contributed by atoms with Crippen LogP contribution in [0.2, 0.25) is 0 Å². The third kappa shape index (κ3) is 4.62. The maximum atomic E-state index is 12.6. The van der Waals surface area contributed by atoms with E-state index in [4.69, 9.17) is 14.2 Å². The van der Waals surface area contributed by atoms with E-state index in [-0.39, 0.29) is 17.7 Å². The molecule has 3 aromatic carbocycles. The molecule has 0 N–H and O–H groups in total. The van der Waals surface area contributed by atoms with Crippen LogP contribution in [0.3, 0.4) is 0 Å². The van der Waals surface area contributed by atoms with Gasteiger partial charge in [0.25, 0.3) is 11.8 Å². The fourth-order valence-electron chi connectivity index (χ4n) is 3.29. The van der Waals surface area contributed by atoms with Crippen LogP contribution in [0.5, 0.6) is 17.2 Å². The number of imide groups is 1. The summed E-state index contributed by atoms with van der Waals surface area (Å²) in [4.78, 5) is 37.7. The van der Waals surface area contributed by atoms with E-state index < -0.39 is 24.3 Å². The zero-order chi connectivity index (χ0) is 22.5. The SMILES string of the molecule is CCOC(=O)CN1C(=O)c2ccc(Oc3ccc(OCc4ccccc4)cc3)cc2C1=O. The molecule has 1 heterocycles. The van der Waals surface area contributed by atoms with E-state index >= 15 is 0 Å². The van der Waals surface area contributed by atoms with Crippen molar-refractivity contribution in [3.63, 3.8) is 0 Å². The van der Waals surface area contributed by atoms with Crippen LogP contribution in [0, 0.1) is 0 Å². The highest BCUT2D eigenvalue weighted by atomic mass is 16.5. The van der Waals surface area contributed by atoms with Crippen LogP contribution in [0.15, 0.2) is 72.8 Å². The van der Waals surface area contributed by atoms with Crippen molar-refractivity contribution in [2.45, 2.75) is 13.5 Å². The number of hydrogen-bond donors (Lipinski definition) is 0. The molecule has 1 aliphatic heterocycles. The molecular formula is C25H21NO6. The smallest absolute Gasteiger partial charge is 0.326 e. The monoisotopic (exact) mass is 431 g/mol. The van der Waals surface area contributed by atoms with Crippen LogP contribution in [-0.2, 0) is 16.1 Å². The number of ether oxygens (including phenoxy) is 3. The highest BCUT2D eigenvalue weighted by Crippen LogP contribution is 2.30. The molecule has 0 fully saturated rings. The summed E-state index contributed by atoms with van der Waals surface area (Å²) >= 11 is 0. The van der Waals surface area contributed by atoms with Crippen molar-refractivity contribution in [3.8, 4) is 17.2 Å². The molecular weight excluding hydrogens is 410 g/mol. The minimum atomic E-state index is -0.631. The van der Waals surface area contributed by atoms with Gasteiger partial charge in [-0.1, -0.05) is 30.3 Å². The molecule has 0 atom stereocenters. The zero-order valence-electron chi connectivity index (χ0n) is 17.4. The van der Waals surface area contributed by atoms with Crippen LogP contribution in [0.1, 0.15) is 33.2 Å². The summed E-state index contributed by atoms with van der Waals surface area (Å²) in [6.45, 7) is 1.88. The number of fused-ring (bicyclic) bond motifs is 1. The Labute approximate surface area is 185 Å². The highest BCUT2D eigenvalue weighted by molar-refractivity contribution is 6.22. The van der Waals surface area contributed by atoms with E-state index in [2.05, 4.69) is 0 Å². The van der Waals surface area contributed by atoms with Gasteiger partial charge >= 0.3 is 5.97 Å². The predicted molar refractivity (Wildman–Crippen MR) is 116 cm³/mol. The Morgan fingerprint density at radius 3 is 2.19 bits per heavy atom. The molecule has 162 valence electrons. The Morgan fingerprint density at radius 1 is 0.812 bits per heavy atom. The Morgan fingerprint density at radius 2 is 1.47 bits per heavy atom. The quantitative estimate of drug-likeness (QED) is 0.392.